The Morgan fingerprint density at radius 2 is 2.20 bits per heavy atom. The van der Waals surface area contributed by atoms with Crippen molar-refractivity contribution in [1.29, 1.82) is 0 Å². The van der Waals surface area contributed by atoms with Crippen LogP contribution >= 0.6 is 22.9 Å². The van der Waals surface area contributed by atoms with Crippen LogP contribution in [0.5, 0.6) is 0 Å². The zero-order chi connectivity index (χ0) is 14.7. The topological polar surface area (TPSA) is 94.2 Å². The van der Waals surface area contributed by atoms with Gasteiger partial charge in [0, 0.05) is 10.6 Å². The number of thiophene rings is 1. The highest BCUT2D eigenvalue weighted by Crippen LogP contribution is 2.21. The first kappa shape index (κ1) is 14.4. The Balaban J connectivity index is 1.96. The van der Waals surface area contributed by atoms with Gasteiger partial charge in [-0.15, -0.1) is 11.3 Å². The number of halogens is 1. The maximum Gasteiger partial charge on any atom is 0.354 e. The van der Waals surface area contributed by atoms with Crippen LogP contribution in [0.2, 0.25) is 4.34 Å². The van der Waals surface area contributed by atoms with Gasteiger partial charge in [-0.3, -0.25) is 0 Å². The molecule has 2 aromatic heterocycles. The number of carbonyl (C=O) groups is 2. The number of H-pyrrole nitrogens is 1. The molecule has 20 heavy (non-hydrogen) atoms. The Labute approximate surface area is 123 Å². The van der Waals surface area contributed by atoms with Crippen molar-refractivity contribution in [1.82, 2.24) is 10.3 Å². The fourth-order valence-electron chi connectivity index (χ4n) is 1.64. The third kappa shape index (κ3) is 3.52. The maximum atomic E-state index is 11.7. The van der Waals surface area contributed by atoms with E-state index in [2.05, 4.69) is 15.6 Å². The van der Waals surface area contributed by atoms with Gasteiger partial charge in [0.1, 0.15) is 5.69 Å². The quantitative estimate of drug-likeness (QED) is 0.698. The van der Waals surface area contributed by atoms with Gasteiger partial charge >= 0.3 is 12.0 Å². The smallest absolute Gasteiger partial charge is 0.354 e. The summed E-state index contributed by atoms with van der Waals surface area (Å²) in [5.41, 5.74) is 0.844. The Bertz CT molecular complexity index is 650. The van der Waals surface area contributed by atoms with E-state index in [1.807, 2.05) is 6.07 Å². The summed E-state index contributed by atoms with van der Waals surface area (Å²) >= 11 is 7.16. The van der Waals surface area contributed by atoms with E-state index in [0.717, 1.165) is 4.88 Å². The van der Waals surface area contributed by atoms with Crippen LogP contribution in [-0.4, -0.2) is 22.1 Å². The normalized spacial score (nSPS) is 10.3. The van der Waals surface area contributed by atoms with Crippen LogP contribution in [0, 0.1) is 6.92 Å². The molecule has 0 aromatic carbocycles. The Hall–Kier alpha value is -1.99. The molecule has 8 heteroatoms. The van der Waals surface area contributed by atoms with Crippen molar-refractivity contribution < 1.29 is 14.7 Å². The van der Waals surface area contributed by atoms with Crippen molar-refractivity contribution in [3.63, 3.8) is 0 Å². The molecular formula is C12H12ClN3O3S. The highest BCUT2D eigenvalue weighted by molar-refractivity contribution is 7.16. The zero-order valence-electron chi connectivity index (χ0n) is 10.5. The van der Waals surface area contributed by atoms with E-state index < -0.39 is 12.0 Å². The predicted molar refractivity (Wildman–Crippen MR) is 77.7 cm³/mol. The number of carboxylic acid groups (broad SMARTS) is 1. The lowest BCUT2D eigenvalue weighted by molar-refractivity contribution is 0.0692. The Kier molecular flexibility index (Phi) is 4.31. The fourth-order valence-corrected chi connectivity index (χ4v) is 2.66. The molecule has 2 heterocycles. The van der Waals surface area contributed by atoms with E-state index in [-0.39, 0.29) is 11.4 Å². The molecule has 6 nitrogen and oxygen atoms in total. The third-order valence-electron chi connectivity index (χ3n) is 2.47. The lowest BCUT2D eigenvalue weighted by atomic mass is 10.3. The lowest BCUT2D eigenvalue weighted by Crippen LogP contribution is -2.28. The molecule has 4 N–H and O–H groups in total. The molecule has 2 rings (SSSR count). The number of aromatic nitrogens is 1. The molecule has 0 bridgehead atoms. The largest absolute Gasteiger partial charge is 0.477 e. The minimum Gasteiger partial charge on any atom is -0.477 e. The Morgan fingerprint density at radius 3 is 2.80 bits per heavy atom. The summed E-state index contributed by atoms with van der Waals surface area (Å²) in [5, 5.41) is 14.1. The zero-order valence-corrected chi connectivity index (χ0v) is 12.1. The van der Waals surface area contributed by atoms with Crippen molar-refractivity contribution in [3.8, 4) is 0 Å². The van der Waals surface area contributed by atoms with Crippen LogP contribution in [0.25, 0.3) is 0 Å². The summed E-state index contributed by atoms with van der Waals surface area (Å²) in [6, 6.07) is 4.65. The molecule has 0 spiro atoms. The minimum absolute atomic E-state index is 0.0446. The first-order chi connectivity index (χ1) is 9.45. The molecule has 0 atom stereocenters. The standard InChI is InChI=1S/C12H12ClN3O3S/c1-6-4-8(10(15-6)11(17)18)16-12(19)14-5-7-2-3-9(13)20-7/h2-4,15H,5H2,1H3,(H,17,18)(H2,14,16,19). The van der Waals surface area contributed by atoms with Crippen molar-refractivity contribution in [2.75, 3.05) is 5.32 Å². The molecule has 0 aliphatic heterocycles. The van der Waals surface area contributed by atoms with Crippen molar-refractivity contribution in [2.24, 2.45) is 0 Å². The second-order valence-electron chi connectivity index (χ2n) is 4.06. The molecule has 0 aliphatic carbocycles. The summed E-state index contributed by atoms with van der Waals surface area (Å²) in [6.07, 6.45) is 0. The maximum absolute atomic E-state index is 11.7. The van der Waals surface area contributed by atoms with Crippen LogP contribution < -0.4 is 10.6 Å². The second kappa shape index (κ2) is 5.98. The van der Waals surface area contributed by atoms with Crippen LogP contribution in [0.15, 0.2) is 18.2 Å². The van der Waals surface area contributed by atoms with Crippen LogP contribution in [0.3, 0.4) is 0 Å². The number of hydrogen-bond donors (Lipinski definition) is 4. The van der Waals surface area contributed by atoms with Crippen LogP contribution in [-0.2, 0) is 6.54 Å². The van der Waals surface area contributed by atoms with Gasteiger partial charge in [-0.2, -0.15) is 0 Å². The summed E-state index contributed by atoms with van der Waals surface area (Å²) in [5.74, 6) is -1.13. The highest BCUT2D eigenvalue weighted by Gasteiger charge is 2.15. The SMILES string of the molecule is Cc1cc(NC(=O)NCc2ccc(Cl)s2)c(C(=O)O)[nH]1. The molecule has 0 fully saturated rings. The molecule has 0 saturated heterocycles. The minimum atomic E-state index is -1.13. The molecule has 2 amide bonds. The van der Waals surface area contributed by atoms with Crippen LogP contribution in [0.1, 0.15) is 21.1 Å². The number of amides is 2. The number of carboxylic acids is 1. The van der Waals surface area contributed by atoms with E-state index in [1.54, 1.807) is 19.1 Å². The molecule has 0 aliphatic rings. The Morgan fingerprint density at radius 1 is 1.45 bits per heavy atom. The van der Waals surface area contributed by atoms with Gasteiger partial charge < -0.3 is 20.7 Å². The van der Waals surface area contributed by atoms with Crippen molar-refractivity contribution in [2.45, 2.75) is 13.5 Å². The number of anilines is 1. The van der Waals surface area contributed by atoms with Gasteiger partial charge in [0.15, 0.2) is 0 Å². The third-order valence-corrected chi connectivity index (χ3v) is 3.70. The van der Waals surface area contributed by atoms with E-state index in [9.17, 15) is 9.59 Å². The van der Waals surface area contributed by atoms with Crippen molar-refractivity contribution >= 4 is 40.6 Å². The summed E-state index contributed by atoms with van der Waals surface area (Å²) in [6.45, 7) is 2.04. The fraction of sp³-hybridized carbons (Fsp3) is 0.167. The number of aryl methyl sites for hydroxylation is 1. The van der Waals surface area contributed by atoms with Gasteiger partial charge in [0.2, 0.25) is 0 Å². The summed E-state index contributed by atoms with van der Waals surface area (Å²) < 4.78 is 0.650. The van der Waals surface area contributed by atoms with Gasteiger partial charge in [-0.1, -0.05) is 11.6 Å². The number of nitrogens with one attached hydrogen (secondary N) is 3. The molecular weight excluding hydrogens is 302 g/mol. The van der Waals surface area contributed by atoms with Crippen LogP contribution in [0.4, 0.5) is 10.5 Å². The number of carbonyl (C=O) groups excluding carboxylic acids is 1. The van der Waals surface area contributed by atoms with E-state index in [1.165, 1.54) is 11.3 Å². The molecule has 0 unspecified atom stereocenters. The van der Waals surface area contributed by atoms with E-state index in [4.69, 9.17) is 16.7 Å². The van der Waals surface area contributed by atoms with Gasteiger partial charge in [-0.25, -0.2) is 9.59 Å². The summed E-state index contributed by atoms with van der Waals surface area (Å²) in [4.78, 5) is 26.3. The number of rotatable bonds is 4. The van der Waals surface area contributed by atoms with E-state index >= 15 is 0 Å². The number of aromatic amines is 1. The molecule has 0 radical (unpaired) electrons. The van der Waals surface area contributed by atoms with Gasteiger partial charge in [0.05, 0.1) is 16.6 Å². The van der Waals surface area contributed by atoms with E-state index in [0.29, 0.717) is 16.6 Å². The second-order valence-corrected chi connectivity index (χ2v) is 5.86. The molecule has 2 aromatic rings. The van der Waals surface area contributed by atoms with Gasteiger partial charge in [-0.05, 0) is 25.1 Å². The highest BCUT2D eigenvalue weighted by atomic mass is 35.5. The average molecular weight is 314 g/mol. The average Bonchev–Trinajstić information content (AvgIpc) is 2.93. The van der Waals surface area contributed by atoms with Crippen molar-refractivity contribution in [3.05, 3.63) is 38.8 Å². The monoisotopic (exact) mass is 313 g/mol. The number of urea groups is 1. The number of hydrogen-bond acceptors (Lipinski definition) is 3. The predicted octanol–water partition coefficient (Wildman–Crippen LogP) is 3.06. The lowest BCUT2D eigenvalue weighted by Gasteiger charge is -2.05. The first-order valence-electron chi connectivity index (χ1n) is 5.67. The summed E-state index contributed by atoms with van der Waals surface area (Å²) in [7, 11) is 0. The van der Waals surface area contributed by atoms with Gasteiger partial charge in [0.25, 0.3) is 0 Å². The molecule has 0 saturated carbocycles. The molecule has 106 valence electrons. The first-order valence-corrected chi connectivity index (χ1v) is 6.87. The number of aromatic carboxylic acids is 1.